The van der Waals surface area contributed by atoms with Crippen LogP contribution in [0.15, 0.2) is 18.2 Å². The summed E-state index contributed by atoms with van der Waals surface area (Å²) < 4.78 is 5.07. The van der Waals surface area contributed by atoms with Crippen LogP contribution in [-0.4, -0.2) is 18.7 Å². The third kappa shape index (κ3) is 2.02. The maximum Gasteiger partial charge on any atom is 0.414 e. The van der Waals surface area contributed by atoms with Crippen molar-refractivity contribution in [1.82, 2.24) is 0 Å². The van der Waals surface area contributed by atoms with Gasteiger partial charge in [-0.2, -0.15) is 0 Å². The van der Waals surface area contributed by atoms with Crippen LogP contribution in [-0.2, 0) is 11.2 Å². The van der Waals surface area contributed by atoms with Crippen LogP contribution >= 0.6 is 0 Å². The predicted octanol–water partition coefficient (Wildman–Crippen LogP) is 3.29. The fourth-order valence-electron chi connectivity index (χ4n) is 2.44. The predicted molar refractivity (Wildman–Crippen MR) is 68.5 cm³/mol. The zero-order chi connectivity index (χ0) is 12.4. The van der Waals surface area contributed by atoms with Crippen LogP contribution in [0.5, 0.6) is 0 Å². The smallest absolute Gasteiger partial charge is 0.414 e. The van der Waals surface area contributed by atoms with Crippen molar-refractivity contribution >= 4 is 11.8 Å². The van der Waals surface area contributed by atoms with Crippen molar-refractivity contribution in [3.63, 3.8) is 0 Å². The first kappa shape index (κ1) is 12.0. The average Bonchev–Trinajstić information content (AvgIpc) is 2.74. The Balaban J connectivity index is 0.000000514. The number of carbonyl (C=O) groups excluding carboxylic acids is 1. The van der Waals surface area contributed by atoms with E-state index in [1.165, 1.54) is 11.1 Å². The molecule has 0 N–H and O–H groups in total. The standard InChI is InChI=1S/C12H13NO2.C2H6/c1-8-2-5-11-9(6-8)3-4-10-7-15-12(14)13(10)11;1-2/h2,5-6,10H,3-4,7H2,1H3;1-2H3. The number of rotatable bonds is 0. The molecule has 1 aromatic carbocycles. The molecule has 17 heavy (non-hydrogen) atoms. The fourth-order valence-corrected chi connectivity index (χ4v) is 2.44. The van der Waals surface area contributed by atoms with E-state index in [4.69, 9.17) is 4.74 Å². The normalized spacial score (nSPS) is 21.0. The van der Waals surface area contributed by atoms with Gasteiger partial charge in [0, 0.05) is 0 Å². The van der Waals surface area contributed by atoms with Crippen molar-refractivity contribution in [3.05, 3.63) is 29.3 Å². The molecule has 2 aliphatic heterocycles. The molecular weight excluding hydrogens is 214 g/mol. The lowest BCUT2D eigenvalue weighted by molar-refractivity contribution is 0.178. The Morgan fingerprint density at radius 2 is 2.12 bits per heavy atom. The molecule has 3 nitrogen and oxygen atoms in total. The molecule has 0 bridgehead atoms. The van der Waals surface area contributed by atoms with Crippen molar-refractivity contribution < 1.29 is 9.53 Å². The number of hydrogen-bond acceptors (Lipinski definition) is 2. The molecule has 1 saturated heterocycles. The quantitative estimate of drug-likeness (QED) is 0.688. The molecule has 0 saturated carbocycles. The molecule has 0 aromatic heterocycles. The Labute approximate surface area is 102 Å². The summed E-state index contributed by atoms with van der Waals surface area (Å²) in [7, 11) is 0. The zero-order valence-corrected chi connectivity index (χ0v) is 10.7. The van der Waals surface area contributed by atoms with Crippen LogP contribution in [0.1, 0.15) is 31.4 Å². The van der Waals surface area contributed by atoms with Gasteiger partial charge in [-0.3, -0.25) is 4.90 Å². The number of anilines is 1. The van der Waals surface area contributed by atoms with E-state index in [2.05, 4.69) is 13.0 Å². The highest BCUT2D eigenvalue weighted by molar-refractivity contribution is 5.91. The topological polar surface area (TPSA) is 29.5 Å². The van der Waals surface area contributed by atoms with E-state index in [1.807, 2.05) is 26.0 Å². The summed E-state index contributed by atoms with van der Waals surface area (Å²) in [5, 5.41) is 0. The molecule has 0 radical (unpaired) electrons. The summed E-state index contributed by atoms with van der Waals surface area (Å²) >= 11 is 0. The lowest BCUT2D eigenvalue weighted by Crippen LogP contribution is -2.37. The molecule has 1 fully saturated rings. The lowest BCUT2D eigenvalue weighted by atomic mass is 9.96. The molecule has 3 rings (SSSR count). The van der Waals surface area contributed by atoms with Gasteiger partial charge in [-0.15, -0.1) is 0 Å². The van der Waals surface area contributed by atoms with E-state index in [0.717, 1.165) is 18.5 Å². The SMILES string of the molecule is CC.Cc1ccc2c(c1)CCC1COC(=O)N21. The Bertz CT molecular complexity index is 428. The van der Waals surface area contributed by atoms with Gasteiger partial charge in [0.25, 0.3) is 0 Å². The Kier molecular flexibility index (Phi) is 3.36. The second-order valence-corrected chi connectivity index (χ2v) is 4.27. The number of carbonyl (C=O) groups is 1. The van der Waals surface area contributed by atoms with Crippen LogP contribution in [0.3, 0.4) is 0 Å². The second kappa shape index (κ2) is 4.78. The van der Waals surface area contributed by atoms with Gasteiger partial charge in [-0.25, -0.2) is 4.79 Å². The van der Waals surface area contributed by atoms with Gasteiger partial charge in [0.15, 0.2) is 0 Å². The van der Waals surface area contributed by atoms with Crippen molar-refractivity contribution in [2.45, 2.75) is 39.7 Å². The number of aryl methyl sites for hydroxylation is 2. The summed E-state index contributed by atoms with van der Waals surface area (Å²) in [5.74, 6) is 0. The molecule has 0 aliphatic carbocycles. The van der Waals surface area contributed by atoms with E-state index in [0.29, 0.717) is 6.61 Å². The molecule has 2 aliphatic rings. The molecule has 1 aromatic rings. The highest BCUT2D eigenvalue weighted by Crippen LogP contribution is 2.34. The number of hydrogen-bond donors (Lipinski definition) is 0. The Morgan fingerprint density at radius 3 is 2.88 bits per heavy atom. The number of nitrogens with zero attached hydrogens (tertiary/aromatic N) is 1. The van der Waals surface area contributed by atoms with Gasteiger partial charge in [0.1, 0.15) is 6.61 Å². The van der Waals surface area contributed by atoms with E-state index in [-0.39, 0.29) is 12.1 Å². The van der Waals surface area contributed by atoms with E-state index >= 15 is 0 Å². The fraction of sp³-hybridized carbons (Fsp3) is 0.500. The van der Waals surface area contributed by atoms with E-state index in [1.54, 1.807) is 4.90 Å². The number of fused-ring (bicyclic) bond motifs is 3. The third-order valence-electron chi connectivity index (χ3n) is 3.20. The summed E-state index contributed by atoms with van der Waals surface area (Å²) in [6.07, 6.45) is 1.88. The first-order chi connectivity index (χ1) is 8.25. The van der Waals surface area contributed by atoms with Gasteiger partial charge in [-0.1, -0.05) is 31.5 Å². The van der Waals surface area contributed by atoms with Crippen molar-refractivity contribution in [2.24, 2.45) is 0 Å². The first-order valence-electron chi connectivity index (χ1n) is 6.31. The molecule has 0 spiro atoms. The third-order valence-corrected chi connectivity index (χ3v) is 3.20. The Hall–Kier alpha value is -1.51. The molecule has 3 heteroatoms. The molecular formula is C14H19NO2. The highest BCUT2D eigenvalue weighted by Gasteiger charge is 2.37. The van der Waals surface area contributed by atoms with Crippen molar-refractivity contribution in [2.75, 3.05) is 11.5 Å². The van der Waals surface area contributed by atoms with Crippen LogP contribution in [0.25, 0.3) is 0 Å². The summed E-state index contributed by atoms with van der Waals surface area (Å²) in [5.41, 5.74) is 3.56. The van der Waals surface area contributed by atoms with Crippen LogP contribution in [0.4, 0.5) is 10.5 Å². The van der Waals surface area contributed by atoms with Crippen LogP contribution in [0.2, 0.25) is 0 Å². The minimum absolute atomic E-state index is 0.190. The second-order valence-electron chi connectivity index (χ2n) is 4.27. The molecule has 1 unspecified atom stereocenters. The van der Waals surface area contributed by atoms with Crippen molar-refractivity contribution in [3.8, 4) is 0 Å². The largest absolute Gasteiger partial charge is 0.447 e. The van der Waals surface area contributed by atoms with Crippen LogP contribution < -0.4 is 4.90 Å². The van der Waals surface area contributed by atoms with Crippen LogP contribution in [0, 0.1) is 6.92 Å². The van der Waals surface area contributed by atoms with Gasteiger partial charge in [0.2, 0.25) is 0 Å². The monoisotopic (exact) mass is 233 g/mol. The Morgan fingerprint density at radius 1 is 1.35 bits per heavy atom. The molecule has 1 amide bonds. The minimum atomic E-state index is -0.190. The van der Waals surface area contributed by atoms with Crippen molar-refractivity contribution in [1.29, 1.82) is 0 Å². The lowest BCUT2D eigenvalue weighted by Gasteiger charge is -2.29. The zero-order valence-electron chi connectivity index (χ0n) is 10.7. The summed E-state index contributed by atoms with van der Waals surface area (Å²) in [6, 6.07) is 6.50. The molecule has 2 heterocycles. The van der Waals surface area contributed by atoms with Gasteiger partial charge < -0.3 is 4.74 Å². The number of cyclic esters (lactones) is 1. The first-order valence-corrected chi connectivity index (χ1v) is 6.31. The number of amides is 1. The van der Waals surface area contributed by atoms with Gasteiger partial charge >= 0.3 is 6.09 Å². The number of benzene rings is 1. The van der Waals surface area contributed by atoms with E-state index < -0.39 is 0 Å². The maximum atomic E-state index is 11.6. The maximum absolute atomic E-state index is 11.6. The van der Waals surface area contributed by atoms with E-state index in [9.17, 15) is 4.79 Å². The summed E-state index contributed by atoms with van der Waals surface area (Å²) in [4.78, 5) is 13.4. The highest BCUT2D eigenvalue weighted by atomic mass is 16.6. The molecule has 92 valence electrons. The molecule has 1 atom stereocenters. The average molecular weight is 233 g/mol. The number of ether oxygens (including phenoxy) is 1. The summed E-state index contributed by atoms with van der Waals surface area (Å²) in [6.45, 7) is 6.63. The minimum Gasteiger partial charge on any atom is -0.447 e. The van der Waals surface area contributed by atoms with Gasteiger partial charge in [0.05, 0.1) is 11.7 Å². The van der Waals surface area contributed by atoms with Gasteiger partial charge in [-0.05, 0) is 31.4 Å².